The fraction of sp³-hybridized carbons (Fsp3) is 0.400. The van der Waals surface area contributed by atoms with E-state index >= 15 is 0 Å². The molecule has 0 aliphatic carbocycles. The van der Waals surface area contributed by atoms with Gasteiger partial charge in [-0.25, -0.2) is 4.98 Å². The van der Waals surface area contributed by atoms with Gasteiger partial charge in [0.15, 0.2) is 16.6 Å². The molecule has 0 amide bonds. The summed E-state index contributed by atoms with van der Waals surface area (Å²) in [6.45, 7) is 0.624. The van der Waals surface area contributed by atoms with Gasteiger partial charge in [-0.2, -0.15) is 8.78 Å². The predicted molar refractivity (Wildman–Crippen MR) is 93.2 cm³/mol. The van der Waals surface area contributed by atoms with Gasteiger partial charge in [0.25, 0.3) is 0 Å². The van der Waals surface area contributed by atoms with Crippen molar-refractivity contribution in [1.82, 2.24) is 9.88 Å². The van der Waals surface area contributed by atoms with E-state index < -0.39 is 6.61 Å². The zero-order valence-electron chi connectivity index (χ0n) is 13.4. The zero-order chi connectivity index (χ0) is 16.8. The highest BCUT2D eigenvalue weighted by atomic mass is 35.5. The van der Waals surface area contributed by atoms with Crippen LogP contribution in [0.1, 0.15) is 17.4 Å². The average Bonchev–Trinajstić information content (AvgIpc) is 2.86. The van der Waals surface area contributed by atoms with Crippen LogP contribution in [0.5, 0.6) is 11.5 Å². The summed E-state index contributed by atoms with van der Waals surface area (Å²) in [5.41, 5.74) is 6.55. The summed E-state index contributed by atoms with van der Waals surface area (Å²) in [6.07, 6.45) is 1.75. The van der Waals surface area contributed by atoms with Crippen molar-refractivity contribution in [2.75, 3.05) is 19.4 Å². The fourth-order valence-corrected chi connectivity index (χ4v) is 2.91. The monoisotopic (exact) mass is 379 g/mol. The predicted octanol–water partition coefficient (Wildman–Crippen LogP) is 3.78. The van der Waals surface area contributed by atoms with E-state index in [9.17, 15) is 8.78 Å². The van der Waals surface area contributed by atoms with Crippen molar-refractivity contribution >= 4 is 28.9 Å². The lowest BCUT2D eigenvalue weighted by atomic mass is 10.2. The van der Waals surface area contributed by atoms with E-state index in [0.717, 1.165) is 10.4 Å². The molecule has 24 heavy (non-hydrogen) atoms. The van der Waals surface area contributed by atoms with Crippen LogP contribution in [-0.2, 0) is 13.1 Å². The van der Waals surface area contributed by atoms with Crippen LogP contribution in [0.15, 0.2) is 24.4 Å². The van der Waals surface area contributed by atoms with Crippen molar-refractivity contribution < 1.29 is 18.3 Å². The molecule has 0 aliphatic rings. The van der Waals surface area contributed by atoms with E-state index in [4.69, 9.17) is 10.5 Å². The van der Waals surface area contributed by atoms with E-state index in [1.807, 2.05) is 7.05 Å². The van der Waals surface area contributed by atoms with Gasteiger partial charge in [0.1, 0.15) is 0 Å². The second-order valence-corrected chi connectivity index (χ2v) is 6.08. The molecule has 0 bridgehead atoms. The van der Waals surface area contributed by atoms with Crippen molar-refractivity contribution in [3.8, 4) is 11.5 Å². The maximum Gasteiger partial charge on any atom is 0.387 e. The Morgan fingerprint density at radius 3 is 2.62 bits per heavy atom. The second kappa shape index (κ2) is 9.61. The fourth-order valence-electron chi connectivity index (χ4n) is 2.14. The number of halogens is 3. The summed E-state index contributed by atoms with van der Waals surface area (Å²) < 4.78 is 34.6. The number of alkyl halides is 2. The lowest BCUT2D eigenvalue weighted by Gasteiger charge is -2.17. The molecule has 134 valence electrons. The lowest BCUT2D eigenvalue weighted by molar-refractivity contribution is -0.0514. The highest BCUT2D eigenvalue weighted by Crippen LogP contribution is 2.30. The molecule has 0 aliphatic heterocycles. The molecule has 9 heteroatoms. The summed E-state index contributed by atoms with van der Waals surface area (Å²) in [6, 6.07) is 4.97. The van der Waals surface area contributed by atoms with Gasteiger partial charge >= 0.3 is 6.61 Å². The maximum absolute atomic E-state index is 12.4. The average molecular weight is 380 g/mol. The molecule has 0 fully saturated rings. The topological polar surface area (TPSA) is 60.6 Å². The Morgan fingerprint density at radius 2 is 2.04 bits per heavy atom. The smallest absolute Gasteiger partial charge is 0.387 e. The first-order valence-corrected chi connectivity index (χ1v) is 7.88. The first kappa shape index (κ1) is 20.4. The van der Waals surface area contributed by atoms with Crippen molar-refractivity contribution in [3.05, 3.63) is 34.8 Å². The molecule has 5 nitrogen and oxygen atoms in total. The van der Waals surface area contributed by atoms with Gasteiger partial charge in [0.05, 0.1) is 6.61 Å². The summed E-state index contributed by atoms with van der Waals surface area (Å²) in [5.74, 6) is 0.365. The number of anilines is 1. The van der Waals surface area contributed by atoms with E-state index in [2.05, 4.69) is 14.6 Å². The third-order valence-electron chi connectivity index (χ3n) is 2.97. The molecule has 1 aromatic heterocycles. The molecule has 2 aromatic rings. The van der Waals surface area contributed by atoms with Gasteiger partial charge in [0, 0.05) is 24.2 Å². The van der Waals surface area contributed by atoms with E-state index in [1.165, 1.54) is 17.4 Å². The van der Waals surface area contributed by atoms with Gasteiger partial charge in [-0.3, -0.25) is 4.90 Å². The Morgan fingerprint density at radius 1 is 1.29 bits per heavy atom. The van der Waals surface area contributed by atoms with Crippen molar-refractivity contribution in [2.45, 2.75) is 26.6 Å². The summed E-state index contributed by atoms with van der Waals surface area (Å²) in [7, 11) is 1.96. The molecule has 0 saturated carbocycles. The molecule has 0 saturated heterocycles. The molecule has 2 rings (SSSR count). The molecule has 0 radical (unpaired) electrons. The molecule has 1 aromatic carbocycles. The highest BCUT2D eigenvalue weighted by molar-refractivity contribution is 7.15. The Kier molecular flexibility index (Phi) is 8.17. The third kappa shape index (κ3) is 6.10. The minimum Gasteiger partial charge on any atom is -0.490 e. The van der Waals surface area contributed by atoms with E-state index in [1.54, 1.807) is 25.3 Å². The zero-order valence-corrected chi connectivity index (χ0v) is 15.0. The lowest BCUT2D eigenvalue weighted by Crippen LogP contribution is -2.16. The number of aromatic nitrogens is 1. The Hall–Kier alpha value is -1.64. The molecule has 2 N–H and O–H groups in total. The van der Waals surface area contributed by atoms with Gasteiger partial charge in [-0.15, -0.1) is 23.7 Å². The number of ether oxygens (including phenoxy) is 2. The third-order valence-corrected chi connectivity index (χ3v) is 3.78. The summed E-state index contributed by atoms with van der Waals surface area (Å²) in [5, 5.41) is 0.542. The van der Waals surface area contributed by atoms with Crippen LogP contribution in [0, 0.1) is 0 Å². The van der Waals surface area contributed by atoms with Crippen molar-refractivity contribution in [1.29, 1.82) is 0 Å². The maximum atomic E-state index is 12.4. The second-order valence-electron chi connectivity index (χ2n) is 4.93. The van der Waals surface area contributed by atoms with Crippen LogP contribution in [0.3, 0.4) is 0 Å². The first-order chi connectivity index (χ1) is 11.0. The van der Waals surface area contributed by atoms with Gasteiger partial charge in [-0.1, -0.05) is 6.07 Å². The van der Waals surface area contributed by atoms with E-state index in [-0.39, 0.29) is 18.2 Å². The van der Waals surface area contributed by atoms with E-state index in [0.29, 0.717) is 30.6 Å². The van der Waals surface area contributed by atoms with Crippen LogP contribution in [0.4, 0.5) is 13.9 Å². The van der Waals surface area contributed by atoms with Crippen LogP contribution in [-0.4, -0.2) is 30.1 Å². The molecule has 1 heterocycles. The Labute approximate surface area is 149 Å². The number of nitrogens with two attached hydrogens (primary N) is 1. The highest BCUT2D eigenvalue weighted by Gasteiger charge is 2.12. The van der Waals surface area contributed by atoms with Crippen LogP contribution >= 0.6 is 23.7 Å². The quantitative estimate of drug-likeness (QED) is 0.756. The van der Waals surface area contributed by atoms with Gasteiger partial charge in [0.2, 0.25) is 0 Å². The van der Waals surface area contributed by atoms with Crippen molar-refractivity contribution in [3.63, 3.8) is 0 Å². The van der Waals surface area contributed by atoms with Gasteiger partial charge in [-0.05, 0) is 31.7 Å². The number of nitrogens with zero attached hydrogens (tertiary/aromatic N) is 2. The number of nitrogen functional groups attached to an aromatic ring is 1. The summed E-state index contributed by atoms with van der Waals surface area (Å²) in [4.78, 5) is 7.15. The Bertz CT molecular complexity index is 643. The SMILES string of the molecule is CCOc1cc(CN(C)Cc2cnc(N)s2)ccc1OC(F)F.Cl. The standard InChI is InChI=1S/C15H19F2N3O2S.ClH/c1-3-21-13-6-10(4-5-12(13)22-14(16)17)8-20(2)9-11-7-19-15(18)23-11;/h4-7,14H,3,8-9H2,1-2H3,(H2,18,19);1H. The van der Waals surface area contributed by atoms with Crippen molar-refractivity contribution in [2.24, 2.45) is 0 Å². The minimum absolute atomic E-state index is 0. The molecule has 0 unspecified atom stereocenters. The van der Waals surface area contributed by atoms with Crippen LogP contribution in [0.2, 0.25) is 0 Å². The number of hydrogen-bond acceptors (Lipinski definition) is 6. The Balaban J connectivity index is 0.00000288. The minimum atomic E-state index is -2.88. The van der Waals surface area contributed by atoms with Crippen LogP contribution in [0.25, 0.3) is 0 Å². The van der Waals surface area contributed by atoms with Gasteiger partial charge < -0.3 is 15.2 Å². The number of hydrogen-bond donors (Lipinski definition) is 1. The normalized spacial score (nSPS) is 10.8. The largest absolute Gasteiger partial charge is 0.490 e. The molecular formula is C15H20ClF2N3O2S. The molecular weight excluding hydrogens is 360 g/mol. The molecule has 0 atom stereocenters. The number of thiazole rings is 1. The number of rotatable bonds is 8. The first-order valence-electron chi connectivity index (χ1n) is 7.07. The number of benzene rings is 1. The summed E-state index contributed by atoms with van der Waals surface area (Å²) >= 11 is 1.44. The molecule has 0 spiro atoms. The van der Waals surface area contributed by atoms with Crippen LogP contribution < -0.4 is 15.2 Å².